The lowest BCUT2D eigenvalue weighted by Gasteiger charge is -2.28. The summed E-state index contributed by atoms with van der Waals surface area (Å²) in [6.07, 6.45) is 8.11. The van der Waals surface area contributed by atoms with Gasteiger partial charge < -0.3 is 15.0 Å². The SMILES string of the molecule is c1cncc(CCOc2cccnc2-c2ccnc(N3CCNCC3)c2)c1. The second-order valence-electron chi connectivity index (χ2n) is 6.45. The van der Waals surface area contributed by atoms with Crippen LogP contribution in [0.15, 0.2) is 61.2 Å². The van der Waals surface area contributed by atoms with E-state index in [1.807, 2.05) is 36.7 Å². The van der Waals surface area contributed by atoms with Crippen LogP contribution in [0.25, 0.3) is 11.3 Å². The van der Waals surface area contributed by atoms with Crippen molar-refractivity contribution in [2.24, 2.45) is 0 Å². The Bertz CT molecular complexity index is 865. The molecule has 1 fully saturated rings. The van der Waals surface area contributed by atoms with Crippen LogP contribution < -0.4 is 15.0 Å². The highest BCUT2D eigenvalue weighted by atomic mass is 16.5. The summed E-state index contributed by atoms with van der Waals surface area (Å²) in [6.45, 7) is 4.48. The van der Waals surface area contributed by atoms with E-state index in [1.54, 1.807) is 12.4 Å². The standard InChI is InChI=1S/C21H23N5O/c1-3-17(16-23-7-1)6-14-27-19-4-2-8-25-21(19)18-5-9-24-20(15-18)26-12-10-22-11-13-26/h1-5,7-9,15-16,22H,6,10-14H2. The molecule has 0 bridgehead atoms. The van der Waals surface area contributed by atoms with Gasteiger partial charge in [-0.3, -0.25) is 9.97 Å². The highest BCUT2D eigenvalue weighted by Gasteiger charge is 2.14. The zero-order chi connectivity index (χ0) is 18.3. The molecule has 27 heavy (non-hydrogen) atoms. The normalized spacial score (nSPS) is 14.1. The highest BCUT2D eigenvalue weighted by Crippen LogP contribution is 2.29. The summed E-state index contributed by atoms with van der Waals surface area (Å²) in [5.74, 6) is 1.78. The number of anilines is 1. The molecule has 0 unspecified atom stereocenters. The zero-order valence-corrected chi connectivity index (χ0v) is 15.2. The van der Waals surface area contributed by atoms with Gasteiger partial charge in [0.15, 0.2) is 0 Å². The van der Waals surface area contributed by atoms with E-state index in [2.05, 4.69) is 37.3 Å². The topological polar surface area (TPSA) is 63.2 Å². The molecule has 1 aliphatic rings. The third-order valence-corrected chi connectivity index (χ3v) is 4.60. The molecule has 4 rings (SSSR count). The van der Waals surface area contributed by atoms with Crippen LogP contribution >= 0.6 is 0 Å². The molecular weight excluding hydrogens is 338 g/mol. The maximum atomic E-state index is 6.05. The second kappa shape index (κ2) is 8.60. The Labute approximate surface area is 159 Å². The van der Waals surface area contributed by atoms with Crippen LogP contribution in [0.3, 0.4) is 0 Å². The van der Waals surface area contributed by atoms with Crippen molar-refractivity contribution in [3.8, 4) is 17.0 Å². The van der Waals surface area contributed by atoms with Crippen molar-refractivity contribution >= 4 is 5.82 Å². The van der Waals surface area contributed by atoms with Crippen LogP contribution in [-0.2, 0) is 6.42 Å². The summed E-state index contributed by atoms with van der Waals surface area (Å²) in [4.78, 5) is 15.6. The van der Waals surface area contributed by atoms with Gasteiger partial charge in [-0.05, 0) is 35.9 Å². The predicted octanol–water partition coefficient (Wildman–Crippen LogP) is 2.57. The van der Waals surface area contributed by atoms with Crippen LogP contribution in [0.1, 0.15) is 5.56 Å². The number of nitrogens with zero attached hydrogens (tertiary/aromatic N) is 4. The first kappa shape index (κ1) is 17.4. The number of piperazine rings is 1. The monoisotopic (exact) mass is 361 g/mol. The number of pyridine rings is 3. The number of hydrogen-bond acceptors (Lipinski definition) is 6. The molecule has 0 saturated carbocycles. The molecule has 0 radical (unpaired) electrons. The quantitative estimate of drug-likeness (QED) is 0.728. The summed E-state index contributed by atoms with van der Waals surface area (Å²) in [5.41, 5.74) is 3.03. The number of aromatic nitrogens is 3. The Morgan fingerprint density at radius 2 is 1.89 bits per heavy atom. The summed E-state index contributed by atoms with van der Waals surface area (Å²) < 4.78 is 6.05. The van der Waals surface area contributed by atoms with Gasteiger partial charge in [-0.15, -0.1) is 0 Å². The molecule has 0 spiro atoms. The van der Waals surface area contributed by atoms with Crippen LogP contribution in [0, 0.1) is 0 Å². The molecular formula is C21H23N5O. The van der Waals surface area contributed by atoms with E-state index in [9.17, 15) is 0 Å². The molecule has 6 heteroatoms. The maximum Gasteiger partial charge on any atom is 0.145 e. The molecule has 3 aromatic heterocycles. The molecule has 4 heterocycles. The van der Waals surface area contributed by atoms with Crippen molar-refractivity contribution < 1.29 is 4.74 Å². The largest absolute Gasteiger partial charge is 0.491 e. The number of hydrogen-bond donors (Lipinski definition) is 1. The van der Waals surface area contributed by atoms with E-state index in [-0.39, 0.29) is 0 Å². The van der Waals surface area contributed by atoms with E-state index in [0.29, 0.717) is 6.61 Å². The lowest BCUT2D eigenvalue weighted by molar-refractivity contribution is 0.322. The van der Waals surface area contributed by atoms with Gasteiger partial charge in [-0.2, -0.15) is 0 Å². The second-order valence-corrected chi connectivity index (χ2v) is 6.45. The predicted molar refractivity (Wildman–Crippen MR) is 106 cm³/mol. The van der Waals surface area contributed by atoms with Crippen molar-refractivity contribution in [1.82, 2.24) is 20.3 Å². The minimum absolute atomic E-state index is 0.583. The van der Waals surface area contributed by atoms with Crippen molar-refractivity contribution in [2.45, 2.75) is 6.42 Å². The first-order valence-corrected chi connectivity index (χ1v) is 9.29. The van der Waals surface area contributed by atoms with E-state index in [1.165, 1.54) is 0 Å². The smallest absolute Gasteiger partial charge is 0.145 e. The lowest BCUT2D eigenvalue weighted by atomic mass is 10.1. The molecule has 1 aliphatic heterocycles. The fourth-order valence-electron chi connectivity index (χ4n) is 3.18. The first-order valence-electron chi connectivity index (χ1n) is 9.29. The van der Waals surface area contributed by atoms with E-state index >= 15 is 0 Å². The van der Waals surface area contributed by atoms with Crippen molar-refractivity contribution in [3.63, 3.8) is 0 Å². The summed E-state index contributed by atoms with van der Waals surface area (Å²) in [5, 5.41) is 3.37. The Hall–Kier alpha value is -2.99. The van der Waals surface area contributed by atoms with Crippen LogP contribution in [0.2, 0.25) is 0 Å². The molecule has 0 aromatic carbocycles. The van der Waals surface area contributed by atoms with Gasteiger partial charge in [0, 0.05) is 63.0 Å². The fourth-order valence-corrected chi connectivity index (χ4v) is 3.18. The van der Waals surface area contributed by atoms with Crippen LogP contribution in [-0.4, -0.2) is 47.7 Å². The highest BCUT2D eigenvalue weighted by molar-refractivity contribution is 5.68. The van der Waals surface area contributed by atoms with E-state index in [0.717, 1.165) is 61.0 Å². The van der Waals surface area contributed by atoms with Gasteiger partial charge in [-0.1, -0.05) is 6.07 Å². The molecule has 1 saturated heterocycles. The Morgan fingerprint density at radius 1 is 1.00 bits per heavy atom. The lowest BCUT2D eigenvalue weighted by Crippen LogP contribution is -2.43. The van der Waals surface area contributed by atoms with Gasteiger partial charge in [0.1, 0.15) is 17.3 Å². The van der Waals surface area contributed by atoms with Crippen molar-refractivity contribution in [1.29, 1.82) is 0 Å². The summed E-state index contributed by atoms with van der Waals surface area (Å²) >= 11 is 0. The maximum absolute atomic E-state index is 6.05. The van der Waals surface area contributed by atoms with Crippen molar-refractivity contribution in [3.05, 3.63) is 66.7 Å². The molecule has 0 amide bonds. The number of nitrogens with one attached hydrogen (secondary N) is 1. The molecule has 0 atom stereocenters. The summed E-state index contributed by atoms with van der Waals surface area (Å²) in [6, 6.07) is 12.0. The van der Waals surface area contributed by atoms with E-state index < -0.39 is 0 Å². The average molecular weight is 361 g/mol. The van der Waals surface area contributed by atoms with Gasteiger partial charge >= 0.3 is 0 Å². The average Bonchev–Trinajstić information content (AvgIpc) is 2.76. The van der Waals surface area contributed by atoms with Crippen LogP contribution in [0.4, 0.5) is 5.82 Å². The van der Waals surface area contributed by atoms with Crippen LogP contribution in [0.5, 0.6) is 5.75 Å². The zero-order valence-electron chi connectivity index (χ0n) is 15.2. The number of rotatable bonds is 6. The number of ether oxygens (including phenoxy) is 1. The van der Waals surface area contributed by atoms with Crippen molar-refractivity contribution in [2.75, 3.05) is 37.7 Å². The molecule has 3 aromatic rings. The molecule has 138 valence electrons. The Morgan fingerprint density at radius 3 is 2.74 bits per heavy atom. The van der Waals surface area contributed by atoms with Gasteiger partial charge in [0.25, 0.3) is 0 Å². The Balaban J connectivity index is 1.50. The third-order valence-electron chi connectivity index (χ3n) is 4.60. The van der Waals surface area contributed by atoms with Gasteiger partial charge in [-0.25, -0.2) is 4.98 Å². The van der Waals surface area contributed by atoms with E-state index in [4.69, 9.17) is 4.74 Å². The van der Waals surface area contributed by atoms with Gasteiger partial charge in [0.2, 0.25) is 0 Å². The fraction of sp³-hybridized carbons (Fsp3) is 0.286. The Kier molecular flexibility index (Phi) is 5.55. The third kappa shape index (κ3) is 4.41. The molecule has 0 aliphatic carbocycles. The molecule has 1 N–H and O–H groups in total. The minimum Gasteiger partial charge on any atom is -0.491 e. The first-order chi connectivity index (χ1) is 13.4. The minimum atomic E-state index is 0.583. The molecule has 6 nitrogen and oxygen atoms in total. The van der Waals surface area contributed by atoms with Gasteiger partial charge in [0.05, 0.1) is 6.61 Å². The summed E-state index contributed by atoms with van der Waals surface area (Å²) in [7, 11) is 0.